The summed E-state index contributed by atoms with van der Waals surface area (Å²) >= 11 is 0. The van der Waals surface area contributed by atoms with E-state index in [9.17, 15) is 13.2 Å². The van der Waals surface area contributed by atoms with Gasteiger partial charge in [0.25, 0.3) is 0 Å². The van der Waals surface area contributed by atoms with Gasteiger partial charge < -0.3 is 16.0 Å². The average molecular weight is 430 g/mol. The second-order valence-electron chi connectivity index (χ2n) is 7.60. The molecular formula is C25H30F3N3. The van der Waals surface area contributed by atoms with Crippen LogP contribution in [0, 0.1) is 13.8 Å². The number of halogens is 3. The number of allylic oxidation sites excluding steroid dienone is 1. The van der Waals surface area contributed by atoms with Crippen LogP contribution >= 0.6 is 0 Å². The predicted octanol–water partition coefficient (Wildman–Crippen LogP) is 5.99. The monoisotopic (exact) mass is 429 g/mol. The first kappa shape index (κ1) is 24.3. The van der Waals surface area contributed by atoms with E-state index >= 15 is 0 Å². The quantitative estimate of drug-likeness (QED) is 0.514. The molecule has 166 valence electrons. The van der Waals surface area contributed by atoms with Gasteiger partial charge in [-0.25, -0.2) is 0 Å². The van der Waals surface area contributed by atoms with Crippen LogP contribution in [-0.4, -0.2) is 25.0 Å². The molecule has 0 atom stereocenters. The Morgan fingerprint density at radius 1 is 1.16 bits per heavy atom. The number of likely N-dealkylation sites (N-methyl/N-ethyl adjacent to an activating group) is 1. The van der Waals surface area contributed by atoms with E-state index < -0.39 is 11.7 Å². The highest BCUT2D eigenvalue weighted by Crippen LogP contribution is 2.33. The fraction of sp³-hybridized carbons (Fsp3) is 0.280. The van der Waals surface area contributed by atoms with Crippen LogP contribution in [0.3, 0.4) is 0 Å². The molecular weight excluding hydrogens is 399 g/mol. The number of hydrogen-bond donors (Lipinski definition) is 2. The van der Waals surface area contributed by atoms with E-state index in [1.54, 1.807) is 12.1 Å². The summed E-state index contributed by atoms with van der Waals surface area (Å²) in [6, 6.07) is 8.34. The van der Waals surface area contributed by atoms with Gasteiger partial charge >= 0.3 is 6.18 Å². The van der Waals surface area contributed by atoms with Crippen molar-refractivity contribution in [2.45, 2.75) is 26.4 Å². The lowest BCUT2D eigenvalue weighted by atomic mass is 9.99. The number of nitrogens with zero attached hydrogens (tertiary/aromatic N) is 1. The highest BCUT2D eigenvalue weighted by molar-refractivity contribution is 5.78. The molecule has 0 aliphatic heterocycles. The molecule has 0 saturated heterocycles. The van der Waals surface area contributed by atoms with E-state index in [0.717, 1.165) is 28.9 Å². The maximum absolute atomic E-state index is 13.2. The van der Waals surface area contributed by atoms with Crippen LogP contribution in [0.25, 0.3) is 12.2 Å². The normalized spacial score (nSPS) is 11.6. The van der Waals surface area contributed by atoms with Crippen molar-refractivity contribution in [1.82, 2.24) is 4.90 Å². The maximum atomic E-state index is 13.2. The van der Waals surface area contributed by atoms with Crippen LogP contribution < -0.4 is 11.1 Å². The number of nitrogens with one attached hydrogen (secondary N) is 1. The smallest absolute Gasteiger partial charge is 0.379 e. The topological polar surface area (TPSA) is 41.3 Å². The van der Waals surface area contributed by atoms with Crippen molar-refractivity contribution in [3.05, 3.63) is 88.8 Å². The molecule has 0 aromatic heterocycles. The molecule has 3 N–H and O–H groups in total. The minimum atomic E-state index is -4.38. The van der Waals surface area contributed by atoms with Gasteiger partial charge in [-0.15, -0.1) is 0 Å². The maximum Gasteiger partial charge on any atom is 0.416 e. The minimum Gasteiger partial charge on any atom is -0.379 e. The summed E-state index contributed by atoms with van der Waals surface area (Å²) in [5.74, 6) is 0. The number of benzene rings is 2. The first-order valence-electron chi connectivity index (χ1n) is 10.0. The molecule has 0 spiro atoms. The van der Waals surface area contributed by atoms with Gasteiger partial charge in [-0.2, -0.15) is 13.2 Å². The van der Waals surface area contributed by atoms with Crippen molar-refractivity contribution in [3.8, 4) is 0 Å². The molecule has 3 nitrogen and oxygen atoms in total. The van der Waals surface area contributed by atoms with Gasteiger partial charge in [0.15, 0.2) is 0 Å². The van der Waals surface area contributed by atoms with Crippen molar-refractivity contribution in [1.29, 1.82) is 0 Å². The molecule has 0 aliphatic rings. The predicted molar refractivity (Wildman–Crippen MR) is 125 cm³/mol. The summed E-state index contributed by atoms with van der Waals surface area (Å²) < 4.78 is 39.7. The second kappa shape index (κ2) is 10.4. The Morgan fingerprint density at radius 3 is 2.45 bits per heavy atom. The SMILES string of the molecule is C=Cc1ccc(C)c(NC(=C)Cc2ccc(C)c(C(F)(F)F)c2)c1/C=C\N(C)CCN. The summed E-state index contributed by atoms with van der Waals surface area (Å²) in [6.45, 7) is 12.6. The molecule has 0 radical (unpaired) electrons. The fourth-order valence-corrected chi connectivity index (χ4v) is 3.30. The summed E-state index contributed by atoms with van der Waals surface area (Å²) in [7, 11) is 1.94. The number of rotatable bonds is 9. The van der Waals surface area contributed by atoms with E-state index in [1.165, 1.54) is 19.1 Å². The Balaban J connectivity index is 2.32. The number of aryl methyl sites for hydroxylation is 2. The molecule has 0 bridgehead atoms. The van der Waals surface area contributed by atoms with Crippen LogP contribution in [0.2, 0.25) is 0 Å². The zero-order valence-electron chi connectivity index (χ0n) is 18.3. The molecule has 0 amide bonds. The van der Waals surface area contributed by atoms with E-state index in [1.807, 2.05) is 43.3 Å². The van der Waals surface area contributed by atoms with E-state index in [2.05, 4.69) is 18.5 Å². The zero-order valence-corrected chi connectivity index (χ0v) is 18.3. The van der Waals surface area contributed by atoms with Crippen molar-refractivity contribution >= 4 is 17.8 Å². The van der Waals surface area contributed by atoms with Gasteiger partial charge in [0, 0.05) is 43.5 Å². The van der Waals surface area contributed by atoms with Gasteiger partial charge in [-0.3, -0.25) is 0 Å². The lowest BCUT2D eigenvalue weighted by Crippen LogP contribution is -2.20. The van der Waals surface area contributed by atoms with Crippen molar-refractivity contribution in [2.75, 3.05) is 25.5 Å². The fourth-order valence-electron chi connectivity index (χ4n) is 3.30. The molecule has 2 aromatic carbocycles. The average Bonchev–Trinajstić information content (AvgIpc) is 2.69. The Labute approximate surface area is 182 Å². The summed E-state index contributed by atoms with van der Waals surface area (Å²) in [5.41, 5.74) is 10.1. The van der Waals surface area contributed by atoms with Crippen molar-refractivity contribution in [2.24, 2.45) is 5.73 Å². The summed E-state index contributed by atoms with van der Waals surface area (Å²) in [6.07, 6.45) is 1.58. The first-order valence-corrected chi connectivity index (χ1v) is 10.0. The lowest BCUT2D eigenvalue weighted by Gasteiger charge is -2.19. The van der Waals surface area contributed by atoms with E-state index in [0.29, 0.717) is 17.8 Å². The van der Waals surface area contributed by atoms with Gasteiger partial charge in [0.2, 0.25) is 0 Å². The van der Waals surface area contributed by atoms with E-state index in [4.69, 9.17) is 5.73 Å². The highest BCUT2D eigenvalue weighted by atomic mass is 19.4. The molecule has 2 aromatic rings. The van der Waals surface area contributed by atoms with Crippen LogP contribution in [0.5, 0.6) is 0 Å². The molecule has 0 saturated carbocycles. The molecule has 2 rings (SSSR count). The number of nitrogens with two attached hydrogens (primary N) is 1. The summed E-state index contributed by atoms with van der Waals surface area (Å²) in [5, 5.41) is 3.31. The Kier molecular flexibility index (Phi) is 8.11. The Bertz CT molecular complexity index is 975. The Morgan fingerprint density at radius 2 is 1.84 bits per heavy atom. The molecule has 0 aliphatic carbocycles. The van der Waals surface area contributed by atoms with Crippen LogP contribution in [0.4, 0.5) is 18.9 Å². The largest absolute Gasteiger partial charge is 0.416 e. The van der Waals surface area contributed by atoms with Gasteiger partial charge in [0.1, 0.15) is 0 Å². The Hall–Kier alpha value is -2.99. The third-order valence-electron chi connectivity index (χ3n) is 5.01. The molecule has 31 heavy (non-hydrogen) atoms. The zero-order chi connectivity index (χ0) is 23.2. The van der Waals surface area contributed by atoms with Crippen LogP contribution in [-0.2, 0) is 12.6 Å². The molecule has 0 heterocycles. The third kappa shape index (κ3) is 6.49. The second-order valence-corrected chi connectivity index (χ2v) is 7.60. The van der Waals surface area contributed by atoms with Crippen molar-refractivity contribution in [3.63, 3.8) is 0 Å². The van der Waals surface area contributed by atoms with Gasteiger partial charge in [0.05, 0.1) is 5.56 Å². The first-order chi connectivity index (χ1) is 14.6. The summed E-state index contributed by atoms with van der Waals surface area (Å²) in [4.78, 5) is 1.98. The van der Waals surface area contributed by atoms with Gasteiger partial charge in [-0.1, -0.05) is 43.5 Å². The van der Waals surface area contributed by atoms with E-state index in [-0.39, 0.29) is 12.0 Å². The molecule has 6 heteroatoms. The van der Waals surface area contributed by atoms with Crippen LogP contribution in [0.15, 0.2) is 55.4 Å². The number of hydrogen-bond acceptors (Lipinski definition) is 3. The van der Waals surface area contributed by atoms with Crippen LogP contribution in [0.1, 0.15) is 33.4 Å². The van der Waals surface area contributed by atoms with Gasteiger partial charge in [-0.05, 0) is 54.4 Å². The lowest BCUT2D eigenvalue weighted by molar-refractivity contribution is -0.138. The van der Waals surface area contributed by atoms with Crippen molar-refractivity contribution < 1.29 is 13.2 Å². The minimum absolute atomic E-state index is 0.207. The standard InChI is InChI=1S/C25H30F3N3/c1-6-21-10-8-18(3)24(22(21)11-13-31(5)14-12-29)30-19(4)15-20-9-7-17(2)23(16-20)25(26,27)28/h6-11,13,16,30H,1,4,12,14-15,29H2,2-3,5H3/b13-11-. The third-order valence-corrected chi connectivity index (χ3v) is 5.01. The number of alkyl halides is 3. The highest BCUT2D eigenvalue weighted by Gasteiger charge is 2.32. The number of anilines is 1. The molecule has 0 fully saturated rings. The molecule has 0 unspecified atom stereocenters.